The van der Waals surface area contributed by atoms with Gasteiger partial charge in [-0.1, -0.05) is 0 Å². The van der Waals surface area contributed by atoms with E-state index in [-0.39, 0.29) is 17.7 Å². The summed E-state index contributed by atoms with van der Waals surface area (Å²) in [6.07, 6.45) is 3.86. The molecule has 2 heterocycles. The van der Waals surface area contributed by atoms with E-state index in [9.17, 15) is 13.2 Å². The molecule has 2 aliphatic rings. The minimum Gasteiger partial charge on any atom is -0.355 e. The highest BCUT2D eigenvalue weighted by Crippen LogP contribution is 2.16. The molecule has 0 aromatic rings. The molecule has 0 spiro atoms. The van der Waals surface area contributed by atoms with Crippen molar-refractivity contribution < 1.29 is 13.2 Å². The van der Waals surface area contributed by atoms with Gasteiger partial charge in [-0.3, -0.25) is 4.79 Å². The van der Waals surface area contributed by atoms with E-state index in [0.717, 1.165) is 32.4 Å². The molecular formula is C12H23N3O3S. The molecule has 0 saturated carbocycles. The SMILES string of the molecule is O=C1CCC(NS(=O)(=O)CCC2CCNCC2)CN1. The van der Waals surface area contributed by atoms with Crippen LogP contribution in [-0.2, 0) is 14.8 Å². The summed E-state index contributed by atoms with van der Waals surface area (Å²) in [5.74, 6) is 0.719. The van der Waals surface area contributed by atoms with E-state index in [1.54, 1.807) is 0 Å². The quantitative estimate of drug-likeness (QED) is 0.641. The number of piperidine rings is 2. The van der Waals surface area contributed by atoms with Crippen molar-refractivity contribution in [3.8, 4) is 0 Å². The second kappa shape index (κ2) is 6.67. The number of hydrogen-bond acceptors (Lipinski definition) is 4. The first kappa shape index (κ1) is 14.7. The standard InChI is InChI=1S/C12H23N3O3S/c16-12-2-1-11(9-14-12)15-19(17,18)8-5-10-3-6-13-7-4-10/h10-11,13,15H,1-9H2,(H,14,16). The van der Waals surface area contributed by atoms with Crippen LogP contribution in [0.5, 0.6) is 0 Å². The van der Waals surface area contributed by atoms with Crippen LogP contribution in [0.1, 0.15) is 32.1 Å². The Kier molecular flexibility index (Phi) is 5.18. The summed E-state index contributed by atoms with van der Waals surface area (Å²) in [4.78, 5) is 11.0. The average molecular weight is 289 g/mol. The van der Waals surface area contributed by atoms with E-state index < -0.39 is 10.0 Å². The zero-order valence-electron chi connectivity index (χ0n) is 11.2. The number of carbonyl (C=O) groups excluding carboxylic acids is 1. The Morgan fingerprint density at radius 3 is 2.58 bits per heavy atom. The molecule has 0 bridgehead atoms. The van der Waals surface area contributed by atoms with Crippen LogP contribution < -0.4 is 15.4 Å². The molecule has 0 radical (unpaired) electrons. The lowest BCUT2D eigenvalue weighted by Crippen LogP contribution is -2.48. The highest BCUT2D eigenvalue weighted by molar-refractivity contribution is 7.89. The third-order valence-electron chi connectivity index (χ3n) is 3.87. The molecular weight excluding hydrogens is 266 g/mol. The number of rotatable bonds is 5. The van der Waals surface area contributed by atoms with Gasteiger partial charge in [-0.15, -0.1) is 0 Å². The first-order chi connectivity index (χ1) is 9.05. The van der Waals surface area contributed by atoms with Gasteiger partial charge in [-0.25, -0.2) is 13.1 Å². The fourth-order valence-corrected chi connectivity index (χ4v) is 4.11. The summed E-state index contributed by atoms with van der Waals surface area (Å²) in [6.45, 7) is 2.39. The third kappa shape index (κ3) is 5.08. The number of sulfonamides is 1. The predicted octanol–water partition coefficient (Wildman–Crippen LogP) is -0.426. The Morgan fingerprint density at radius 1 is 1.21 bits per heavy atom. The summed E-state index contributed by atoms with van der Waals surface area (Å²) < 4.78 is 26.7. The van der Waals surface area contributed by atoms with Gasteiger partial charge in [0.2, 0.25) is 15.9 Å². The molecule has 19 heavy (non-hydrogen) atoms. The van der Waals surface area contributed by atoms with Gasteiger partial charge in [-0.05, 0) is 44.7 Å². The van der Waals surface area contributed by atoms with Crippen molar-refractivity contribution in [2.75, 3.05) is 25.4 Å². The largest absolute Gasteiger partial charge is 0.355 e. The normalized spacial score (nSPS) is 26.1. The molecule has 110 valence electrons. The first-order valence-electron chi connectivity index (χ1n) is 7.02. The van der Waals surface area contributed by atoms with Crippen LogP contribution >= 0.6 is 0 Å². The number of amides is 1. The monoisotopic (exact) mass is 289 g/mol. The van der Waals surface area contributed by atoms with Crippen LogP contribution in [0.3, 0.4) is 0 Å². The van der Waals surface area contributed by atoms with Gasteiger partial charge in [0.1, 0.15) is 0 Å². The second-order valence-corrected chi connectivity index (χ2v) is 7.33. The maximum absolute atomic E-state index is 12.0. The van der Waals surface area contributed by atoms with Crippen molar-refractivity contribution in [2.45, 2.75) is 38.1 Å². The van der Waals surface area contributed by atoms with Gasteiger partial charge in [0, 0.05) is 19.0 Å². The second-order valence-electron chi connectivity index (χ2n) is 5.46. The lowest BCUT2D eigenvalue weighted by atomic mass is 9.96. The van der Waals surface area contributed by atoms with Crippen LogP contribution in [0, 0.1) is 5.92 Å². The topological polar surface area (TPSA) is 87.3 Å². The van der Waals surface area contributed by atoms with Crippen LogP contribution in [0.4, 0.5) is 0 Å². The van der Waals surface area contributed by atoms with Crippen molar-refractivity contribution in [2.24, 2.45) is 5.92 Å². The first-order valence-corrected chi connectivity index (χ1v) is 8.68. The fourth-order valence-electron chi connectivity index (χ4n) is 2.64. The molecule has 3 N–H and O–H groups in total. The van der Waals surface area contributed by atoms with Crippen LogP contribution in [-0.4, -0.2) is 45.8 Å². The molecule has 6 nitrogen and oxygen atoms in total. The highest BCUT2D eigenvalue weighted by atomic mass is 32.2. The van der Waals surface area contributed by atoms with Gasteiger partial charge >= 0.3 is 0 Å². The average Bonchev–Trinajstić information content (AvgIpc) is 2.40. The summed E-state index contributed by atoms with van der Waals surface area (Å²) >= 11 is 0. The van der Waals surface area contributed by atoms with Crippen molar-refractivity contribution in [3.63, 3.8) is 0 Å². The Bertz CT molecular complexity index is 394. The molecule has 2 rings (SSSR count). The maximum Gasteiger partial charge on any atom is 0.220 e. The molecule has 1 amide bonds. The molecule has 7 heteroatoms. The Hall–Kier alpha value is -0.660. The molecule has 1 atom stereocenters. The van der Waals surface area contributed by atoms with E-state index in [0.29, 0.717) is 25.3 Å². The molecule has 0 aromatic carbocycles. The van der Waals surface area contributed by atoms with Crippen molar-refractivity contribution >= 4 is 15.9 Å². The molecule has 2 fully saturated rings. The van der Waals surface area contributed by atoms with E-state index in [2.05, 4.69) is 15.4 Å². The van der Waals surface area contributed by atoms with Gasteiger partial charge in [-0.2, -0.15) is 0 Å². The molecule has 2 aliphatic heterocycles. The molecule has 1 unspecified atom stereocenters. The van der Waals surface area contributed by atoms with E-state index in [1.807, 2.05) is 0 Å². The number of carbonyl (C=O) groups is 1. The predicted molar refractivity (Wildman–Crippen MR) is 73.2 cm³/mol. The smallest absolute Gasteiger partial charge is 0.220 e. The lowest BCUT2D eigenvalue weighted by Gasteiger charge is -2.25. The van der Waals surface area contributed by atoms with Crippen molar-refractivity contribution in [1.29, 1.82) is 0 Å². The lowest BCUT2D eigenvalue weighted by molar-refractivity contribution is -0.122. The summed E-state index contributed by atoms with van der Waals surface area (Å²) in [5.41, 5.74) is 0. The van der Waals surface area contributed by atoms with E-state index in [4.69, 9.17) is 0 Å². The molecule has 2 saturated heterocycles. The maximum atomic E-state index is 12.0. The Balaban J connectivity index is 1.73. The number of hydrogen-bond donors (Lipinski definition) is 3. The minimum atomic E-state index is -3.22. The Morgan fingerprint density at radius 2 is 1.95 bits per heavy atom. The van der Waals surface area contributed by atoms with Crippen LogP contribution in [0.2, 0.25) is 0 Å². The van der Waals surface area contributed by atoms with Gasteiger partial charge in [0.15, 0.2) is 0 Å². The minimum absolute atomic E-state index is 0.00477. The van der Waals surface area contributed by atoms with Gasteiger partial charge < -0.3 is 10.6 Å². The van der Waals surface area contributed by atoms with E-state index >= 15 is 0 Å². The van der Waals surface area contributed by atoms with Crippen LogP contribution in [0.25, 0.3) is 0 Å². The van der Waals surface area contributed by atoms with Gasteiger partial charge in [0.05, 0.1) is 5.75 Å². The molecule has 0 aromatic heterocycles. The fraction of sp³-hybridized carbons (Fsp3) is 0.917. The van der Waals surface area contributed by atoms with Crippen molar-refractivity contribution in [3.05, 3.63) is 0 Å². The molecule has 0 aliphatic carbocycles. The zero-order valence-corrected chi connectivity index (χ0v) is 12.0. The van der Waals surface area contributed by atoms with E-state index in [1.165, 1.54) is 0 Å². The van der Waals surface area contributed by atoms with Crippen LogP contribution in [0.15, 0.2) is 0 Å². The zero-order chi connectivity index (χ0) is 13.7. The van der Waals surface area contributed by atoms with Gasteiger partial charge in [0.25, 0.3) is 0 Å². The summed E-state index contributed by atoms with van der Waals surface area (Å²) in [6, 6.07) is -0.143. The third-order valence-corrected chi connectivity index (χ3v) is 5.33. The Labute approximate surface area is 114 Å². The number of nitrogens with one attached hydrogen (secondary N) is 3. The highest BCUT2D eigenvalue weighted by Gasteiger charge is 2.24. The summed E-state index contributed by atoms with van der Waals surface area (Å²) in [7, 11) is -3.22. The van der Waals surface area contributed by atoms with Crippen molar-refractivity contribution in [1.82, 2.24) is 15.4 Å². The summed E-state index contributed by atoms with van der Waals surface area (Å²) in [5, 5.41) is 5.96.